The summed E-state index contributed by atoms with van der Waals surface area (Å²) >= 11 is 6.75. The smallest absolute Gasteiger partial charge is 0.303 e. The van der Waals surface area contributed by atoms with Crippen molar-refractivity contribution in [1.29, 1.82) is 0 Å². The maximum Gasteiger partial charge on any atom is 0.303 e. The number of aliphatic carboxylic acids is 1. The van der Waals surface area contributed by atoms with Crippen molar-refractivity contribution in [1.82, 2.24) is 4.57 Å². The molecule has 0 fully saturated rings. The van der Waals surface area contributed by atoms with Crippen molar-refractivity contribution in [2.45, 2.75) is 32.2 Å². The summed E-state index contributed by atoms with van der Waals surface area (Å²) in [5.74, 6) is -0.675. The molecule has 0 radical (unpaired) electrons. The number of benzene rings is 2. The van der Waals surface area contributed by atoms with Crippen LogP contribution in [-0.4, -0.2) is 20.7 Å². The predicted molar refractivity (Wildman–Crippen MR) is 133 cm³/mol. The molecule has 172 valence electrons. The Morgan fingerprint density at radius 2 is 1.94 bits per heavy atom. The molecule has 4 aromatic rings. The van der Waals surface area contributed by atoms with Gasteiger partial charge < -0.3 is 14.6 Å². The number of fused-ring (bicyclic) bond motifs is 3. The Hall–Kier alpha value is -3.49. The summed E-state index contributed by atoms with van der Waals surface area (Å²) in [4.78, 5) is 15.9. The number of aromatic nitrogens is 1. The first-order valence-electron chi connectivity index (χ1n) is 11.0. The molecule has 0 atom stereocenters. The van der Waals surface area contributed by atoms with Gasteiger partial charge in [0.15, 0.2) is 3.95 Å². The molecule has 2 N–H and O–H groups in total. The Balaban J connectivity index is 1.42. The molecule has 2 aromatic heterocycles. The summed E-state index contributed by atoms with van der Waals surface area (Å²) in [5, 5.41) is 21.3. The molecule has 0 bridgehead atoms. The highest BCUT2D eigenvalue weighted by atomic mass is 32.1. The number of carboxylic acids is 1. The Labute approximate surface area is 204 Å². The molecular weight excluding hydrogens is 468 g/mol. The number of hydrogen-bond donors (Lipinski definition) is 2. The maximum absolute atomic E-state index is 10.7. The van der Waals surface area contributed by atoms with Gasteiger partial charge >= 0.3 is 5.97 Å². The number of furan rings is 1. The van der Waals surface area contributed by atoms with E-state index in [1.54, 1.807) is 10.6 Å². The van der Waals surface area contributed by atoms with Crippen molar-refractivity contribution in [2.24, 2.45) is 4.99 Å². The van der Waals surface area contributed by atoms with Gasteiger partial charge in [0.1, 0.15) is 10.8 Å². The SMILES string of the molecule is O=C(O)CCCCCn1c(O)c(/C=c2\cc/c(=c3\ccc4c(c3)-c3ccccc3N=4)o2)sc1=S. The minimum Gasteiger partial charge on any atom is -0.493 e. The number of rotatable bonds is 7. The zero-order chi connectivity index (χ0) is 23.7. The van der Waals surface area contributed by atoms with E-state index >= 15 is 0 Å². The fraction of sp³-hybridized carbons (Fsp3) is 0.192. The van der Waals surface area contributed by atoms with Crippen molar-refractivity contribution in [2.75, 3.05) is 0 Å². The summed E-state index contributed by atoms with van der Waals surface area (Å²) in [6.07, 6.45) is 4.08. The lowest BCUT2D eigenvalue weighted by atomic mass is 10.1. The van der Waals surface area contributed by atoms with E-state index in [4.69, 9.17) is 21.7 Å². The van der Waals surface area contributed by atoms with Gasteiger partial charge in [0.25, 0.3) is 0 Å². The van der Waals surface area contributed by atoms with E-state index in [9.17, 15) is 9.90 Å². The van der Waals surface area contributed by atoms with Crippen molar-refractivity contribution in [3.63, 3.8) is 0 Å². The van der Waals surface area contributed by atoms with Crippen LogP contribution in [0.2, 0.25) is 0 Å². The molecule has 1 aliphatic rings. The number of carbonyl (C=O) groups is 1. The Morgan fingerprint density at radius 1 is 1.09 bits per heavy atom. The standard InChI is InChI=1S/C26H22N2O4S2/c29-24(30)8-2-1-5-13-28-25(31)23(34-26(28)33)15-17-10-12-22(32-17)16-9-11-21-19(14-16)18-6-3-4-7-20(18)27-21/h3-4,6-7,9-12,14-15,31H,1-2,5,8,13H2,(H,29,30)/b17-15+,22-16-. The monoisotopic (exact) mass is 490 g/mol. The lowest BCUT2D eigenvalue weighted by Gasteiger charge is -2.04. The Kier molecular flexibility index (Phi) is 6.17. The van der Waals surface area contributed by atoms with E-state index in [1.807, 2.05) is 42.5 Å². The van der Waals surface area contributed by atoms with Crippen molar-refractivity contribution >= 4 is 41.3 Å². The van der Waals surface area contributed by atoms with Crippen molar-refractivity contribution in [3.05, 3.63) is 84.8 Å². The Morgan fingerprint density at radius 3 is 2.79 bits per heavy atom. The molecule has 8 heteroatoms. The van der Waals surface area contributed by atoms with Gasteiger partial charge in [-0.15, -0.1) is 11.3 Å². The van der Waals surface area contributed by atoms with Crippen LogP contribution >= 0.6 is 23.6 Å². The van der Waals surface area contributed by atoms with E-state index in [2.05, 4.69) is 17.1 Å². The van der Waals surface area contributed by atoms with Gasteiger partial charge in [0.2, 0.25) is 5.88 Å². The van der Waals surface area contributed by atoms with Crippen LogP contribution in [0.15, 0.2) is 64.0 Å². The lowest BCUT2D eigenvalue weighted by molar-refractivity contribution is -0.137. The molecule has 0 amide bonds. The molecule has 0 unspecified atom stereocenters. The van der Waals surface area contributed by atoms with Crippen molar-refractivity contribution < 1.29 is 19.4 Å². The van der Waals surface area contributed by atoms with Crippen LogP contribution in [-0.2, 0) is 11.3 Å². The first kappa shape index (κ1) is 22.3. The molecule has 0 saturated heterocycles. The fourth-order valence-electron chi connectivity index (χ4n) is 4.07. The molecule has 0 saturated carbocycles. The number of nitrogens with zero attached hydrogens (tertiary/aromatic N) is 2. The van der Waals surface area contributed by atoms with Gasteiger partial charge in [-0.3, -0.25) is 9.36 Å². The molecule has 1 aliphatic heterocycles. The van der Waals surface area contributed by atoms with E-state index in [1.165, 1.54) is 11.3 Å². The highest BCUT2D eigenvalue weighted by molar-refractivity contribution is 7.73. The van der Waals surface area contributed by atoms with E-state index in [0.717, 1.165) is 45.6 Å². The third kappa shape index (κ3) is 4.47. The number of carboxylic acid groups (broad SMARTS) is 1. The van der Waals surface area contributed by atoms with Crippen LogP contribution < -0.4 is 10.8 Å². The minimum atomic E-state index is -0.788. The molecule has 6 nitrogen and oxygen atoms in total. The average Bonchev–Trinajstić information content (AvgIpc) is 3.50. The van der Waals surface area contributed by atoms with Crippen LogP contribution in [0.5, 0.6) is 5.88 Å². The van der Waals surface area contributed by atoms with Gasteiger partial charge in [-0.25, -0.2) is 4.99 Å². The number of aromatic hydroxyl groups is 1. The van der Waals surface area contributed by atoms with Crippen LogP contribution in [0.4, 0.5) is 5.69 Å². The normalized spacial score (nSPS) is 13.5. The number of hydrogen-bond acceptors (Lipinski definition) is 6. The van der Waals surface area contributed by atoms with E-state index in [0.29, 0.717) is 27.2 Å². The number of para-hydroxylation sites is 1. The summed E-state index contributed by atoms with van der Waals surface area (Å²) < 4.78 is 8.34. The summed E-state index contributed by atoms with van der Waals surface area (Å²) in [7, 11) is 0. The summed E-state index contributed by atoms with van der Waals surface area (Å²) in [6.45, 7) is 0.555. The van der Waals surface area contributed by atoms with Crippen LogP contribution in [0.1, 0.15) is 30.6 Å². The highest BCUT2D eigenvalue weighted by Gasteiger charge is 2.13. The van der Waals surface area contributed by atoms with Gasteiger partial charge in [0.05, 0.1) is 15.9 Å². The molecule has 2 aromatic carbocycles. The first-order valence-corrected chi connectivity index (χ1v) is 12.3. The Bertz CT molecular complexity index is 1660. The second-order valence-electron chi connectivity index (χ2n) is 8.12. The second kappa shape index (κ2) is 9.40. The van der Waals surface area contributed by atoms with Gasteiger partial charge in [-0.2, -0.15) is 0 Å². The zero-order valence-corrected chi connectivity index (χ0v) is 19.9. The maximum atomic E-state index is 10.7. The molecular formula is C26H22N2O4S2. The summed E-state index contributed by atoms with van der Waals surface area (Å²) in [6, 6.07) is 18.0. The van der Waals surface area contributed by atoms with E-state index in [-0.39, 0.29) is 12.3 Å². The minimum absolute atomic E-state index is 0.113. The van der Waals surface area contributed by atoms with Crippen LogP contribution in [0.25, 0.3) is 17.2 Å². The third-order valence-corrected chi connectivity index (χ3v) is 7.17. The average molecular weight is 491 g/mol. The zero-order valence-electron chi connectivity index (χ0n) is 18.2. The highest BCUT2D eigenvalue weighted by Crippen LogP contribution is 2.32. The number of thiazole rings is 1. The topological polar surface area (TPSA) is 88.0 Å². The van der Waals surface area contributed by atoms with Crippen molar-refractivity contribution in [3.8, 4) is 17.0 Å². The molecule has 5 rings (SSSR count). The molecule has 0 spiro atoms. The van der Waals surface area contributed by atoms with Crippen LogP contribution in [0.3, 0.4) is 0 Å². The largest absolute Gasteiger partial charge is 0.493 e. The third-order valence-electron chi connectivity index (χ3n) is 5.78. The number of unbranched alkanes of at least 4 members (excludes halogenated alkanes) is 2. The van der Waals surface area contributed by atoms with E-state index < -0.39 is 5.97 Å². The van der Waals surface area contributed by atoms with Gasteiger partial charge in [0, 0.05) is 35.4 Å². The molecule has 3 heterocycles. The van der Waals surface area contributed by atoms with Gasteiger partial charge in [-0.05, 0) is 61.5 Å². The molecule has 0 aliphatic carbocycles. The lowest BCUT2D eigenvalue weighted by Crippen LogP contribution is -1.99. The van der Waals surface area contributed by atoms with Gasteiger partial charge in [-0.1, -0.05) is 24.6 Å². The second-order valence-corrected chi connectivity index (χ2v) is 9.79. The fourth-order valence-corrected chi connectivity index (χ4v) is 5.37. The predicted octanol–water partition coefficient (Wildman–Crippen LogP) is 5.27. The quantitative estimate of drug-likeness (QED) is 0.240. The first-order chi connectivity index (χ1) is 16.5. The summed E-state index contributed by atoms with van der Waals surface area (Å²) in [5.41, 5.74) is 4.55. The molecule has 34 heavy (non-hydrogen) atoms. The van der Waals surface area contributed by atoms with Crippen LogP contribution in [0, 0.1) is 14.6 Å².